The Morgan fingerprint density at radius 2 is 2.36 bits per heavy atom. The molecule has 1 N–H and O–H groups in total. The second-order valence-corrected chi connectivity index (χ2v) is 1.92. The van der Waals surface area contributed by atoms with Gasteiger partial charge in [0.05, 0.1) is 6.54 Å². The van der Waals surface area contributed by atoms with Gasteiger partial charge in [-0.15, -0.1) is 5.06 Å². The van der Waals surface area contributed by atoms with Crippen LogP contribution in [0.15, 0.2) is 5.16 Å². The summed E-state index contributed by atoms with van der Waals surface area (Å²) < 4.78 is 0. The largest absolute Gasteiger partial charge is 0.359 e. The number of rotatable bonds is 2. The van der Waals surface area contributed by atoms with Crippen LogP contribution < -0.4 is 5.32 Å². The molecule has 1 heterocycles. The molecule has 1 fully saturated rings. The fourth-order valence-corrected chi connectivity index (χ4v) is 0.696. The quantitative estimate of drug-likeness (QED) is 0.433. The Hall–Kier alpha value is -1.59. The van der Waals surface area contributed by atoms with Crippen LogP contribution in [-0.2, 0) is 9.73 Å². The minimum atomic E-state index is -0.603. The molecule has 0 aliphatic carbocycles. The molecule has 6 heteroatoms. The van der Waals surface area contributed by atoms with Crippen molar-refractivity contribution in [1.82, 2.24) is 10.4 Å². The Balaban J connectivity index is 2.50. The van der Waals surface area contributed by atoms with E-state index >= 15 is 0 Å². The highest BCUT2D eigenvalue weighted by molar-refractivity contribution is 5.96. The monoisotopic (exact) mass is 157 g/mol. The van der Waals surface area contributed by atoms with E-state index in [1.807, 2.05) is 5.32 Å². The van der Waals surface area contributed by atoms with Gasteiger partial charge in [-0.3, -0.25) is 15.0 Å². The van der Waals surface area contributed by atoms with Gasteiger partial charge in [0.1, 0.15) is 0 Å². The number of carbonyl (C=O) groups excluding carboxylic acids is 2. The van der Waals surface area contributed by atoms with Crippen LogP contribution in [0.5, 0.6) is 0 Å². The number of hydrogen-bond donors (Lipinski definition) is 1. The van der Waals surface area contributed by atoms with Crippen LogP contribution in [-0.4, -0.2) is 30.3 Å². The number of amides is 3. The van der Waals surface area contributed by atoms with Crippen LogP contribution in [0.3, 0.4) is 0 Å². The molecule has 1 aliphatic heterocycles. The number of carbonyl (C=O) groups is 2. The van der Waals surface area contributed by atoms with Gasteiger partial charge < -0.3 is 0 Å². The highest BCUT2D eigenvalue weighted by atomic mass is 16.8. The lowest BCUT2D eigenvalue weighted by Gasteiger charge is -2.21. The molecule has 60 valence electrons. The maximum Gasteiger partial charge on any atom is 0.359 e. The summed E-state index contributed by atoms with van der Waals surface area (Å²) in [7, 11) is 0. The zero-order valence-electron chi connectivity index (χ0n) is 5.74. The molecule has 0 radical (unpaired) electrons. The highest BCUT2D eigenvalue weighted by Crippen LogP contribution is 2.00. The van der Waals surface area contributed by atoms with E-state index < -0.39 is 6.03 Å². The number of hydroxylamine groups is 2. The fraction of sp³-hybridized carbons (Fsp3) is 0.400. The Morgan fingerprint density at radius 1 is 1.64 bits per heavy atom. The summed E-state index contributed by atoms with van der Waals surface area (Å²) in [6, 6.07) is -0.603. The number of urea groups is 1. The average Bonchev–Trinajstić information content (AvgIpc) is 1.95. The van der Waals surface area contributed by atoms with Crippen molar-refractivity contribution in [3.8, 4) is 0 Å². The first-order valence-corrected chi connectivity index (χ1v) is 2.98. The zero-order valence-corrected chi connectivity index (χ0v) is 5.74. The van der Waals surface area contributed by atoms with Crippen LogP contribution >= 0.6 is 0 Å². The van der Waals surface area contributed by atoms with Gasteiger partial charge >= 0.3 is 6.03 Å². The summed E-state index contributed by atoms with van der Waals surface area (Å²) in [5.41, 5.74) is 0. The summed E-state index contributed by atoms with van der Waals surface area (Å²) in [5.74, 6) is -0.307. The minimum Gasteiger partial charge on any atom is -0.275 e. The SMILES string of the molecule is C=NON1CCC(=O)NC1=O. The van der Waals surface area contributed by atoms with E-state index in [9.17, 15) is 9.59 Å². The summed E-state index contributed by atoms with van der Waals surface area (Å²) in [6.07, 6.45) is 0.223. The first kappa shape index (κ1) is 7.52. The van der Waals surface area contributed by atoms with Gasteiger partial charge in [-0.1, -0.05) is 5.16 Å². The lowest BCUT2D eigenvalue weighted by molar-refractivity contribution is -0.141. The average molecular weight is 157 g/mol. The molecule has 6 nitrogen and oxygen atoms in total. The van der Waals surface area contributed by atoms with Gasteiger partial charge in [-0.05, 0) is 0 Å². The lowest BCUT2D eigenvalue weighted by Crippen LogP contribution is -2.48. The molecular weight excluding hydrogens is 150 g/mol. The molecule has 0 saturated carbocycles. The third-order valence-electron chi connectivity index (χ3n) is 1.17. The molecule has 1 rings (SSSR count). The summed E-state index contributed by atoms with van der Waals surface area (Å²) >= 11 is 0. The molecule has 0 atom stereocenters. The molecule has 11 heavy (non-hydrogen) atoms. The van der Waals surface area contributed by atoms with E-state index in [-0.39, 0.29) is 18.9 Å². The molecule has 0 bridgehead atoms. The molecule has 0 aromatic carbocycles. The van der Waals surface area contributed by atoms with Crippen LogP contribution in [0.2, 0.25) is 0 Å². The van der Waals surface area contributed by atoms with Gasteiger partial charge in [0, 0.05) is 13.1 Å². The molecular formula is C5H7N3O3. The number of hydrogen-bond acceptors (Lipinski definition) is 4. The lowest BCUT2D eigenvalue weighted by atomic mass is 10.3. The second kappa shape index (κ2) is 3.00. The summed E-state index contributed by atoms with van der Waals surface area (Å²) in [4.78, 5) is 25.8. The molecule has 1 saturated heterocycles. The van der Waals surface area contributed by atoms with Crippen molar-refractivity contribution in [3.05, 3.63) is 0 Å². The van der Waals surface area contributed by atoms with Gasteiger partial charge in [0.15, 0.2) is 0 Å². The first-order valence-electron chi connectivity index (χ1n) is 2.98. The van der Waals surface area contributed by atoms with E-state index in [0.717, 1.165) is 5.06 Å². The molecule has 0 unspecified atom stereocenters. The maximum absolute atomic E-state index is 10.8. The molecule has 0 spiro atoms. The number of imide groups is 1. The predicted octanol–water partition coefficient (Wildman–Crippen LogP) is -0.524. The van der Waals surface area contributed by atoms with Gasteiger partial charge in [0.2, 0.25) is 5.91 Å². The zero-order chi connectivity index (χ0) is 8.27. The van der Waals surface area contributed by atoms with Gasteiger partial charge in [0.25, 0.3) is 0 Å². The van der Waals surface area contributed by atoms with Crippen molar-refractivity contribution in [3.63, 3.8) is 0 Å². The second-order valence-electron chi connectivity index (χ2n) is 1.92. The molecule has 3 amide bonds. The van der Waals surface area contributed by atoms with Crippen LogP contribution in [0.4, 0.5) is 4.79 Å². The van der Waals surface area contributed by atoms with Crippen molar-refractivity contribution in [2.75, 3.05) is 6.54 Å². The number of nitrogens with one attached hydrogen (secondary N) is 1. The Morgan fingerprint density at radius 3 is 2.91 bits per heavy atom. The van der Waals surface area contributed by atoms with E-state index in [1.54, 1.807) is 0 Å². The molecule has 1 aliphatic rings. The Labute approximate surface area is 62.7 Å². The third-order valence-corrected chi connectivity index (χ3v) is 1.17. The molecule has 0 aromatic heterocycles. The van der Waals surface area contributed by atoms with Gasteiger partial charge in [-0.2, -0.15) is 0 Å². The maximum atomic E-state index is 10.8. The van der Waals surface area contributed by atoms with Crippen LogP contribution in [0.1, 0.15) is 6.42 Å². The summed E-state index contributed by atoms with van der Waals surface area (Å²) in [6.45, 7) is 3.24. The van der Waals surface area contributed by atoms with Crippen LogP contribution in [0.25, 0.3) is 0 Å². The third kappa shape index (κ3) is 1.66. The smallest absolute Gasteiger partial charge is 0.275 e. The normalized spacial score (nSPS) is 17.6. The van der Waals surface area contributed by atoms with Crippen molar-refractivity contribution >= 4 is 18.7 Å². The highest BCUT2D eigenvalue weighted by Gasteiger charge is 2.24. The fourth-order valence-electron chi connectivity index (χ4n) is 0.696. The van der Waals surface area contributed by atoms with E-state index in [1.165, 1.54) is 0 Å². The van der Waals surface area contributed by atoms with Crippen LogP contribution in [0, 0.1) is 0 Å². The van der Waals surface area contributed by atoms with Crippen molar-refractivity contribution in [1.29, 1.82) is 0 Å². The van der Waals surface area contributed by atoms with E-state index in [4.69, 9.17) is 0 Å². The topological polar surface area (TPSA) is 71.0 Å². The molecule has 0 aromatic rings. The van der Waals surface area contributed by atoms with Crippen molar-refractivity contribution < 1.29 is 14.5 Å². The number of nitrogens with zero attached hydrogens (tertiary/aromatic N) is 2. The standard InChI is InChI=1S/C5H7N3O3/c1-6-11-8-3-2-4(9)7-5(8)10/h1-3H2,(H,7,9,10). The Kier molecular flexibility index (Phi) is 2.05. The van der Waals surface area contributed by atoms with Crippen molar-refractivity contribution in [2.24, 2.45) is 5.16 Å². The minimum absolute atomic E-state index is 0.212. The number of oxime groups is 1. The first-order chi connectivity index (χ1) is 5.24. The summed E-state index contributed by atoms with van der Waals surface area (Å²) in [5, 5.41) is 6.01. The van der Waals surface area contributed by atoms with Crippen molar-refractivity contribution in [2.45, 2.75) is 6.42 Å². The van der Waals surface area contributed by atoms with E-state index in [0.29, 0.717) is 0 Å². The Bertz CT molecular complexity index is 203. The van der Waals surface area contributed by atoms with E-state index in [2.05, 4.69) is 16.8 Å². The predicted molar refractivity (Wildman–Crippen MR) is 35.5 cm³/mol. The van der Waals surface area contributed by atoms with Gasteiger partial charge in [-0.25, -0.2) is 4.79 Å².